The van der Waals surface area contributed by atoms with Crippen LogP contribution in [0.4, 0.5) is 0 Å². The first-order valence-electron chi connectivity index (χ1n) is 12.4. The van der Waals surface area contributed by atoms with Crippen LogP contribution in [0.15, 0.2) is 12.8 Å². The molecule has 1 saturated heterocycles. The quantitative estimate of drug-likeness (QED) is 0.593. The van der Waals surface area contributed by atoms with Gasteiger partial charge in [-0.3, -0.25) is 9.69 Å². The molecule has 0 amide bonds. The first-order chi connectivity index (χ1) is 13.7. The van der Waals surface area contributed by atoms with Crippen molar-refractivity contribution in [1.29, 1.82) is 0 Å². The van der Waals surface area contributed by atoms with Crippen molar-refractivity contribution >= 4 is 5.78 Å². The molecule has 0 bridgehead atoms. The van der Waals surface area contributed by atoms with Gasteiger partial charge in [0.05, 0.1) is 13.2 Å². The molecule has 4 rings (SSSR count). The monoisotopic (exact) mass is 386 g/mol. The van der Waals surface area contributed by atoms with E-state index in [4.69, 9.17) is 0 Å². The van der Waals surface area contributed by atoms with Crippen molar-refractivity contribution in [1.82, 2.24) is 9.80 Å². The van der Waals surface area contributed by atoms with Crippen LogP contribution < -0.4 is 0 Å². The maximum atomic E-state index is 13.1. The molecule has 1 heterocycles. The minimum absolute atomic E-state index is 0.350. The van der Waals surface area contributed by atoms with Crippen LogP contribution in [-0.2, 0) is 4.79 Å². The normalized spacial score (nSPS) is 33.9. The Morgan fingerprint density at radius 2 is 1.46 bits per heavy atom. The summed E-state index contributed by atoms with van der Waals surface area (Å²) in [6.07, 6.45) is 21.1. The molecular weight excluding hydrogens is 344 g/mol. The molecule has 0 spiro atoms. The SMILES string of the molecule is C=CN1CN(CC(=O)[C@@H]2CCC(C3CCCC3)C2)CC1C1CCCCCCC1. The molecule has 2 unspecified atom stereocenters. The molecule has 3 nitrogen and oxygen atoms in total. The topological polar surface area (TPSA) is 23.6 Å². The maximum Gasteiger partial charge on any atom is 0.149 e. The Morgan fingerprint density at radius 1 is 0.821 bits per heavy atom. The number of hydrogen-bond acceptors (Lipinski definition) is 3. The van der Waals surface area contributed by atoms with Gasteiger partial charge in [-0.25, -0.2) is 0 Å². The zero-order valence-corrected chi connectivity index (χ0v) is 18.0. The Hall–Kier alpha value is -0.830. The summed E-state index contributed by atoms with van der Waals surface area (Å²) in [5, 5.41) is 0. The second-order valence-electron chi connectivity index (χ2n) is 10.3. The van der Waals surface area contributed by atoms with E-state index in [0.29, 0.717) is 24.3 Å². The van der Waals surface area contributed by atoms with Crippen molar-refractivity contribution in [2.75, 3.05) is 19.8 Å². The average Bonchev–Trinajstić information content (AvgIpc) is 3.41. The maximum absolute atomic E-state index is 13.1. The van der Waals surface area contributed by atoms with E-state index in [0.717, 1.165) is 37.4 Å². The molecule has 4 aliphatic rings. The molecule has 28 heavy (non-hydrogen) atoms. The zero-order valence-electron chi connectivity index (χ0n) is 18.0. The molecule has 4 fully saturated rings. The summed E-state index contributed by atoms with van der Waals surface area (Å²) < 4.78 is 0. The van der Waals surface area contributed by atoms with Crippen molar-refractivity contribution in [3.63, 3.8) is 0 Å². The fraction of sp³-hybridized carbons (Fsp3) is 0.880. The number of nitrogens with zero attached hydrogens (tertiary/aromatic N) is 2. The molecule has 0 aromatic rings. The third-order valence-corrected chi connectivity index (χ3v) is 8.54. The zero-order chi connectivity index (χ0) is 19.3. The van der Waals surface area contributed by atoms with Crippen molar-refractivity contribution in [3.05, 3.63) is 12.8 Å². The molecule has 3 saturated carbocycles. The molecule has 3 heteroatoms. The van der Waals surface area contributed by atoms with Crippen LogP contribution in [0.2, 0.25) is 0 Å². The lowest BCUT2D eigenvalue weighted by Gasteiger charge is -2.31. The van der Waals surface area contributed by atoms with Crippen LogP contribution in [0.3, 0.4) is 0 Å². The first kappa shape index (κ1) is 20.4. The molecule has 1 aliphatic heterocycles. The van der Waals surface area contributed by atoms with Crippen molar-refractivity contribution in [2.24, 2.45) is 23.7 Å². The highest BCUT2D eigenvalue weighted by atomic mass is 16.1. The summed E-state index contributed by atoms with van der Waals surface area (Å²) in [7, 11) is 0. The predicted molar refractivity (Wildman–Crippen MR) is 116 cm³/mol. The van der Waals surface area contributed by atoms with Gasteiger partial charge in [0.1, 0.15) is 5.78 Å². The van der Waals surface area contributed by atoms with Gasteiger partial charge in [0, 0.05) is 18.5 Å². The van der Waals surface area contributed by atoms with Gasteiger partial charge in [-0.05, 0) is 56.1 Å². The number of Topliss-reactive ketones (excluding diaryl/α,β-unsaturated/α-hetero) is 1. The van der Waals surface area contributed by atoms with Crippen molar-refractivity contribution in [3.8, 4) is 0 Å². The van der Waals surface area contributed by atoms with Gasteiger partial charge in [-0.1, -0.05) is 64.4 Å². The fourth-order valence-corrected chi connectivity index (χ4v) is 6.88. The van der Waals surface area contributed by atoms with Crippen LogP contribution >= 0.6 is 0 Å². The number of hydrogen-bond donors (Lipinski definition) is 0. The van der Waals surface area contributed by atoms with Crippen LogP contribution in [0.1, 0.15) is 89.9 Å². The van der Waals surface area contributed by atoms with Crippen molar-refractivity contribution in [2.45, 2.75) is 95.9 Å². The lowest BCUT2D eigenvalue weighted by molar-refractivity contribution is -0.123. The third-order valence-electron chi connectivity index (χ3n) is 8.54. The Morgan fingerprint density at radius 3 is 2.18 bits per heavy atom. The Kier molecular flexibility index (Phi) is 7.14. The van der Waals surface area contributed by atoms with Gasteiger partial charge in [-0.2, -0.15) is 0 Å². The lowest BCUT2D eigenvalue weighted by Crippen LogP contribution is -2.34. The number of rotatable bonds is 6. The Labute approximate surface area is 172 Å². The van der Waals surface area contributed by atoms with Crippen molar-refractivity contribution < 1.29 is 4.79 Å². The molecular formula is C25H42N2O. The molecule has 3 atom stereocenters. The number of carbonyl (C=O) groups excluding carboxylic acids is 1. The summed E-state index contributed by atoms with van der Waals surface area (Å²) in [5.41, 5.74) is 0. The highest BCUT2D eigenvalue weighted by Gasteiger charge is 2.38. The molecule has 0 aromatic heterocycles. The van der Waals surface area contributed by atoms with E-state index < -0.39 is 0 Å². The molecule has 0 aromatic carbocycles. The minimum Gasteiger partial charge on any atom is -0.361 e. The highest BCUT2D eigenvalue weighted by Crippen LogP contribution is 2.43. The molecule has 0 radical (unpaired) electrons. The van der Waals surface area contributed by atoms with Gasteiger partial charge in [0.2, 0.25) is 0 Å². The summed E-state index contributed by atoms with van der Waals surface area (Å²) in [4.78, 5) is 17.9. The highest BCUT2D eigenvalue weighted by molar-refractivity contribution is 5.83. The summed E-state index contributed by atoms with van der Waals surface area (Å²) in [5.74, 6) is 3.45. The van der Waals surface area contributed by atoms with Crippen LogP contribution in [0.25, 0.3) is 0 Å². The number of ketones is 1. The summed E-state index contributed by atoms with van der Waals surface area (Å²) in [6.45, 7) is 6.75. The van der Waals surface area contributed by atoms with Gasteiger partial charge in [-0.15, -0.1) is 0 Å². The third kappa shape index (κ3) is 4.83. The predicted octanol–water partition coefficient (Wildman–Crippen LogP) is 5.61. The standard InChI is InChI=1S/C25H42N2O/c1-2-27-19-26(17-24(27)21-12-6-4-3-5-7-13-21)18-25(28)23-15-14-22(16-23)20-10-8-9-11-20/h2,20-24H,1,3-19H2/t22?,23-,24?/m1/s1. The second-order valence-corrected chi connectivity index (χ2v) is 10.3. The minimum atomic E-state index is 0.350. The number of carbonyl (C=O) groups is 1. The van der Waals surface area contributed by atoms with E-state index in [-0.39, 0.29) is 0 Å². The van der Waals surface area contributed by atoms with Gasteiger partial charge in [0.25, 0.3) is 0 Å². The molecule has 0 N–H and O–H groups in total. The Balaban J connectivity index is 1.28. The fourth-order valence-electron chi connectivity index (χ4n) is 6.88. The van der Waals surface area contributed by atoms with Gasteiger partial charge in [0.15, 0.2) is 0 Å². The van der Waals surface area contributed by atoms with E-state index in [1.54, 1.807) is 0 Å². The van der Waals surface area contributed by atoms with Crippen LogP contribution in [0, 0.1) is 23.7 Å². The summed E-state index contributed by atoms with van der Waals surface area (Å²) >= 11 is 0. The lowest BCUT2D eigenvalue weighted by atomic mass is 9.85. The van der Waals surface area contributed by atoms with E-state index in [9.17, 15) is 4.79 Å². The van der Waals surface area contributed by atoms with Gasteiger partial charge >= 0.3 is 0 Å². The summed E-state index contributed by atoms with van der Waals surface area (Å²) in [6, 6.07) is 0.582. The van der Waals surface area contributed by atoms with E-state index in [1.165, 1.54) is 83.5 Å². The van der Waals surface area contributed by atoms with Crippen LogP contribution in [-0.4, -0.2) is 41.4 Å². The molecule has 3 aliphatic carbocycles. The largest absolute Gasteiger partial charge is 0.361 e. The van der Waals surface area contributed by atoms with E-state index in [1.807, 2.05) is 6.20 Å². The average molecular weight is 387 g/mol. The smallest absolute Gasteiger partial charge is 0.149 e. The van der Waals surface area contributed by atoms with E-state index >= 15 is 0 Å². The second kappa shape index (κ2) is 9.78. The first-order valence-corrected chi connectivity index (χ1v) is 12.4. The molecule has 158 valence electrons. The van der Waals surface area contributed by atoms with Crippen LogP contribution in [0.5, 0.6) is 0 Å². The Bertz CT molecular complexity index is 519. The van der Waals surface area contributed by atoms with E-state index in [2.05, 4.69) is 16.4 Å². The van der Waals surface area contributed by atoms with Gasteiger partial charge < -0.3 is 4.90 Å².